The average molecular weight is 277 g/mol. The van der Waals surface area contributed by atoms with Crippen LogP contribution in [0.15, 0.2) is 24.3 Å². The zero-order chi connectivity index (χ0) is 14.4. The van der Waals surface area contributed by atoms with E-state index in [1.807, 2.05) is 0 Å². The molecular formula is C14H19N3O3. The van der Waals surface area contributed by atoms with Crippen molar-refractivity contribution in [2.24, 2.45) is 0 Å². The van der Waals surface area contributed by atoms with Crippen molar-refractivity contribution in [1.29, 1.82) is 0 Å². The third-order valence-electron chi connectivity index (χ3n) is 3.22. The van der Waals surface area contributed by atoms with Crippen LogP contribution >= 0.6 is 0 Å². The van der Waals surface area contributed by atoms with Gasteiger partial charge >= 0.3 is 0 Å². The third-order valence-corrected chi connectivity index (χ3v) is 3.22. The van der Waals surface area contributed by atoms with Crippen LogP contribution in [0.3, 0.4) is 0 Å². The lowest BCUT2D eigenvalue weighted by molar-refractivity contribution is -0.137. The molecule has 1 aliphatic rings. The zero-order valence-electron chi connectivity index (χ0n) is 11.2. The number of hydrogen-bond acceptors (Lipinski definition) is 4. The monoisotopic (exact) mass is 277 g/mol. The number of amides is 2. The fraction of sp³-hybridized carbons (Fsp3) is 0.429. The second-order valence-electron chi connectivity index (χ2n) is 4.85. The summed E-state index contributed by atoms with van der Waals surface area (Å²) in [5.74, 6) is -0.679. The van der Waals surface area contributed by atoms with E-state index in [0.717, 1.165) is 25.7 Å². The normalized spacial score (nSPS) is 15.0. The molecule has 0 aliphatic heterocycles. The molecule has 1 fully saturated rings. The van der Waals surface area contributed by atoms with E-state index in [9.17, 15) is 9.59 Å². The van der Waals surface area contributed by atoms with Gasteiger partial charge < -0.3 is 11.1 Å². The number of carbonyl (C=O) groups is 2. The molecule has 1 aromatic carbocycles. The van der Waals surface area contributed by atoms with E-state index < -0.39 is 0 Å². The smallest absolute Gasteiger partial charge is 0.262 e. The lowest BCUT2D eigenvalue weighted by Crippen LogP contribution is -2.38. The SMILES string of the molecule is Nc1ccc(C(=O)NCC(=O)NOC2CCCC2)cc1. The summed E-state index contributed by atoms with van der Waals surface area (Å²) in [7, 11) is 0. The highest BCUT2D eigenvalue weighted by Gasteiger charge is 2.17. The number of nitrogens with one attached hydrogen (secondary N) is 2. The second kappa shape index (κ2) is 6.91. The fourth-order valence-corrected chi connectivity index (χ4v) is 2.09. The molecule has 0 heterocycles. The molecule has 1 aromatic rings. The zero-order valence-corrected chi connectivity index (χ0v) is 11.2. The van der Waals surface area contributed by atoms with Crippen molar-refractivity contribution in [3.8, 4) is 0 Å². The predicted octanol–water partition coefficient (Wildman–Crippen LogP) is 0.989. The largest absolute Gasteiger partial charge is 0.399 e. The Morgan fingerprint density at radius 3 is 2.50 bits per heavy atom. The van der Waals surface area contributed by atoms with Gasteiger partial charge in [0.1, 0.15) is 0 Å². The molecule has 0 radical (unpaired) electrons. The predicted molar refractivity (Wildman–Crippen MR) is 74.7 cm³/mol. The molecule has 0 saturated heterocycles. The molecule has 2 rings (SSSR count). The van der Waals surface area contributed by atoms with Crippen molar-refractivity contribution in [2.75, 3.05) is 12.3 Å². The van der Waals surface area contributed by atoms with Gasteiger partial charge in [-0.25, -0.2) is 5.48 Å². The molecule has 108 valence electrons. The summed E-state index contributed by atoms with van der Waals surface area (Å²) in [5.41, 5.74) is 8.95. The molecule has 0 atom stereocenters. The minimum atomic E-state index is -0.360. The van der Waals surface area contributed by atoms with Gasteiger partial charge in [0, 0.05) is 11.3 Å². The number of hydroxylamine groups is 1. The van der Waals surface area contributed by atoms with Gasteiger partial charge in [0.05, 0.1) is 12.6 Å². The number of anilines is 1. The summed E-state index contributed by atoms with van der Waals surface area (Å²) >= 11 is 0. The van der Waals surface area contributed by atoms with E-state index in [1.165, 1.54) is 0 Å². The number of nitrogen functional groups attached to an aromatic ring is 1. The van der Waals surface area contributed by atoms with E-state index in [-0.39, 0.29) is 24.5 Å². The molecule has 0 aromatic heterocycles. The molecule has 1 aliphatic carbocycles. The Morgan fingerprint density at radius 1 is 1.20 bits per heavy atom. The topological polar surface area (TPSA) is 93.5 Å². The van der Waals surface area contributed by atoms with E-state index in [2.05, 4.69) is 10.8 Å². The molecule has 1 saturated carbocycles. The van der Waals surface area contributed by atoms with Crippen LogP contribution in [0.25, 0.3) is 0 Å². The summed E-state index contributed by atoms with van der Waals surface area (Å²) in [6.45, 7) is -0.115. The van der Waals surface area contributed by atoms with Crippen molar-refractivity contribution in [3.63, 3.8) is 0 Å². The first kappa shape index (κ1) is 14.3. The van der Waals surface area contributed by atoms with Crippen molar-refractivity contribution in [2.45, 2.75) is 31.8 Å². The maximum Gasteiger partial charge on any atom is 0.262 e. The summed E-state index contributed by atoms with van der Waals surface area (Å²) < 4.78 is 0. The third kappa shape index (κ3) is 4.24. The standard InChI is InChI=1S/C14H19N3O3/c15-11-7-5-10(6-8-11)14(19)16-9-13(18)17-20-12-3-1-2-4-12/h5-8,12H,1-4,9,15H2,(H,16,19)(H,17,18). The Kier molecular flexibility index (Phi) is 4.95. The van der Waals surface area contributed by atoms with Crippen LogP contribution in [0.1, 0.15) is 36.0 Å². The fourth-order valence-electron chi connectivity index (χ4n) is 2.09. The number of nitrogens with two attached hydrogens (primary N) is 1. The molecule has 6 nitrogen and oxygen atoms in total. The number of hydrogen-bond donors (Lipinski definition) is 3. The van der Waals surface area contributed by atoms with Gasteiger partial charge in [-0.05, 0) is 37.1 Å². The summed E-state index contributed by atoms with van der Waals surface area (Å²) in [4.78, 5) is 28.5. The first-order valence-electron chi connectivity index (χ1n) is 6.73. The summed E-state index contributed by atoms with van der Waals surface area (Å²) in [5, 5.41) is 2.52. The van der Waals surface area contributed by atoms with Crippen molar-refractivity contribution in [1.82, 2.24) is 10.8 Å². The molecule has 0 unspecified atom stereocenters. The van der Waals surface area contributed by atoms with Gasteiger partial charge in [0.25, 0.3) is 11.8 Å². The number of rotatable bonds is 5. The van der Waals surface area contributed by atoms with E-state index >= 15 is 0 Å². The number of carbonyl (C=O) groups excluding carboxylic acids is 2. The maximum absolute atomic E-state index is 11.7. The molecule has 2 amide bonds. The average Bonchev–Trinajstić information content (AvgIpc) is 2.96. The Morgan fingerprint density at radius 2 is 1.85 bits per heavy atom. The molecule has 0 spiro atoms. The van der Waals surface area contributed by atoms with Gasteiger partial charge in [-0.2, -0.15) is 0 Å². The van der Waals surface area contributed by atoms with Gasteiger partial charge in [-0.1, -0.05) is 12.8 Å². The summed E-state index contributed by atoms with van der Waals surface area (Å²) in [6, 6.07) is 6.49. The molecule has 0 bridgehead atoms. The maximum atomic E-state index is 11.7. The van der Waals surface area contributed by atoms with Crippen molar-refractivity contribution in [3.05, 3.63) is 29.8 Å². The Hall–Kier alpha value is -2.08. The van der Waals surface area contributed by atoms with Crippen LogP contribution in [-0.2, 0) is 9.63 Å². The van der Waals surface area contributed by atoms with Gasteiger partial charge in [-0.3, -0.25) is 14.4 Å². The van der Waals surface area contributed by atoms with E-state index in [4.69, 9.17) is 10.6 Å². The van der Waals surface area contributed by atoms with Crippen molar-refractivity contribution < 1.29 is 14.4 Å². The van der Waals surface area contributed by atoms with E-state index in [0.29, 0.717) is 11.3 Å². The van der Waals surface area contributed by atoms with Crippen molar-refractivity contribution >= 4 is 17.5 Å². The lowest BCUT2D eigenvalue weighted by atomic mass is 10.2. The first-order chi connectivity index (χ1) is 9.65. The first-order valence-corrected chi connectivity index (χ1v) is 6.73. The van der Waals surface area contributed by atoms with Crippen LogP contribution in [0.5, 0.6) is 0 Å². The highest BCUT2D eigenvalue weighted by atomic mass is 16.7. The highest BCUT2D eigenvalue weighted by molar-refractivity contribution is 5.96. The minimum Gasteiger partial charge on any atom is -0.399 e. The van der Waals surface area contributed by atoms with E-state index in [1.54, 1.807) is 24.3 Å². The molecule has 4 N–H and O–H groups in total. The van der Waals surface area contributed by atoms with Crippen LogP contribution in [0.2, 0.25) is 0 Å². The Balaban J connectivity index is 1.69. The molecule has 20 heavy (non-hydrogen) atoms. The van der Waals surface area contributed by atoms with Crippen LogP contribution in [0, 0.1) is 0 Å². The quantitative estimate of drug-likeness (QED) is 0.552. The molecular weight excluding hydrogens is 258 g/mol. The Labute approximate surface area is 117 Å². The van der Waals surface area contributed by atoms with Gasteiger partial charge in [-0.15, -0.1) is 0 Å². The lowest BCUT2D eigenvalue weighted by Gasteiger charge is -2.11. The van der Waals surface area contributed by atoms with Crippen LogP contribution in [-0.4, -0.2) is 24.5 Å². The highest BCUT2D eigenvalue weighted by Crippen LogP contribution is 2.19. The van der Waals surface area contributed by atoms with Crippen LogP contribution < -0.4 is 16.5 Å². The second-order valence-corrected chi connectivity index (χ2v) is 4.85. The number of benzene rings is 1. The minimum absolute atomic E-state index is 0.103. The van der Waals surface area contributed by atoms with Gasteiger partial charge in [0.15, 0.2) is 0 Å². The van der Waals surface area contributed by atoms with Gasteiger partial charge in [0.2, 0.25) is 0 Å². The molecule has 6 heteroatoms. The Bertz CT molecular complexity index is 467. The van der Waals surface area contributed by atoms with Crippen LogP contribution in [0.4, 0.5) is 5.69 Å². The summed E-state index contributed by atoms with van der Waals surface area (Å²) in [6.07, 6.45) is 4.31.